The van der Waals surface area contributed by atoms with Gasteiger partial charge in [0.1, 0.15) is 30.3 Å². The molecule has 1 aliphatic rings. The summed E-state index contributed by atoms with van der Waals surface area (Å²) in [4.78, 5) is 16.3. The minimum atomic E-state index is -1.05. The summed E-state index contributed by atoms with van der Waals surface area (Å²) in [5.41, 5.74) is 14.5. The van der Waals surface area contributed by atoms with E-state index in [1.54, 1.807) is 0 Å². The van der Waals surface area contributed by atoms with Crippen molar-refractivity contribution < 1.29 is 24.1 Å². The van der Waals surface area contributed by atoms with Crippen LogP contribution in [-0.4, -0.2) is 66.2 Å². The van der Waals surface area contributed by atoms with Crippen molar-refractivity contribution in [2.24, 2.45) is 16.5 Å². The third-order valence-corrected chi connectivity index (χ3v) is 7.40. The molecule has 0 aromatic heterocycles. The van der Waals surface area contributed by atoms with Gasteiger partial charge in [-0.1, -0.05) is 84.9 Å². The summed E-state index contributed by atoms with van der Waals surface area (Å²) in [5, 5.41) is 14.2. The van der Waals surface area contributed by atoms with Crippen molar-refractivity contribution in [1.82, 2.24) is 5.32 Å². The molecule has 3 aromatic rings. The van der Waals surface area contributed by atoms with Gasteiger partial charge >= 0.3 is 0 Å². The first-order valence-electron chi connectivity index (χ1n) is 13.0. The van der Waals surface area contributed by atoms with Gasteiger partial charge < -0.3 is 36.1 Å². The lowest BCUT2D eigenvalue weighted by atomic mass is 9.97. The zero-order valence-corrected chi connectivity index (χ0v) is 23.2. The molecule has 212 valence electrons. The average Bonchev–Trinajstić information content (AvgIpc) is 2.98. The normalized spacial score (nSPS) is 22.4. The van der Waals surface area contributed by atoms with E-state index in [2.05, 4.69) is 34.6 Å². The molecule has 1 unspecified atom stereocenters. The van der Waals surface area contributed by atoms with Gasteiger partial charge in [0.25, 0.3) is 0 Å². The number of amides is 1. The van der Waals surface area contributed by atoms with Crippen LogP contribution in [-0.2, 0) is 32.2 Å². The Morgan fingerprint density at radius 3 is 2.23 bits per heavy atom. The SMILES string of the molecule is CSC1O[C@H](COCc2ccc(-c3ccccc3)cc2)[C@@H](O)[C@H](OCc2ccccc2)[C@H]1NC(=O)CN=C(N)N. The monoisotopic (exact) mass is 564 g/mol. The molecule has 1 saturated heterocycles. The number of hydrogen-bond donors (Lipinski definition) is 4. The lowest BCUT2D eigenvalue weighted by molar-refractivity contribution is -0.196. The minimum absolute atomic E-state index is 0.151. The Hall–Kier alpha value is -3.41. The van der Waals surface area contributed by atoms with E-state index in [4.69, 9.17) is 25.7 Å². The number of ether oxygens (including phenoxy) is 3. The number of hydrogen-bond acceptors (Lipinski definition) is 7. The van der Waals surface area contributed by atoms with Crippen molar-refractivity contribution in [2.75, 3.05) is 19.4 Å². The minimum Gasteiger partial charge on any atom is -0.388 e. The predicted molar refractivity (Wildman–Crippen MR) is 157 cm³/mol. The highest BCUT2D eigenvalue weighted by molar-refractivity contribution is 7.99. The summed E-state index contributed by atoms with van der Waals surface area (Å²) in [6, 6.07) is 27.3. The number of nitrogens with one attached hydrogen (secondary N) is 1. The zero-order chi connectivity index (χ0) is 28.3. The van der Waals surface area contributed by atoms with Crippen molar-refractivity contribution in [3.63, 3.8) is 0 Å². The predicted octanol–water partition coefficient (Wildman–Crippen LogP) is 2.66. The van der Waals surface area contributed by atoms with Gasteiger partial charge in [-0.15, -0.1) is 11.8 Å². The van der Waals surface area contributed by atoms with E-state index >= 15 is 0 Å². The standard InChI is InChI=1S/C30H36N4O5S/c1-40-29-26(34-25(35)16-33-30(31)32)28(38-18-20-8-4-2-5-9-20)27(36)24(39-29)19-37-17-21-12-14-23(15-13-21)22-10-6-3-7-11-22/h2-15,24,26-29,36H,16-19H2,1H3,(H,34,35)(H4,31,32,33)/t24-,26-,27-,28-,29?/m1/s1. The van der Waals surface area contributed by atoms with E-state index in [9.17, 15) is 9.90 Å². The summed E-state index contributed by atoms with van der Waals surface area (Å²) in [6.07, 6.45) is -0.597. The van der Waals surface area contributed by atoms with Gasteiger partial charge in [-0.05, 0) is 28.5 Å². The Morgan fingerprint density at radius 2 is 1.57 bits per heavy atom. The molecule has 0 saturated carbocycles. The number of thioether (sulfide) groups is 1. The second kappa shape index (κ2) is 14.8. The Balaban J connectivity index is 1.41. The first-order valence-corrected chi connectivity index (χ1v) is 14.3. The largest absolute Gasteiger partial charge is 0.388 e. The van der Waals surface area contributed by atoms with Crippen molar-refractivity contribution in [3.05, 3.63) is 96.1 Å². The van der Waals surface area contributed by atoms with Crippen LogP contribution in [0.25, 0.3) is 11.1 Å². The van der Waals surface area contributed by atoms with Gasteiger partial charge in [0.05, 0.1) is 25.9 Å². The van der Waals surface area contributed by atoms with E-state index < -0.39 is 35.7 Å². The molecule has 0 radical (unpaired) electrons. The van der Waals surface area contributed by atoms with Crippen molar-refractivity contribution >= 4 is 23.6 Å². The fourth-order valence-corrected chi connectivity index (χ4v) is 5.26. The van der Waals surface area contributed by atoms with Gasteiger partial charge in [0.2, 0.25) is 5.91 Å². The van der Waals surface area contributed by atoms with Gasteiger partial charge in [-0.25, -0.2) is 4.99 Å². The van der Waals surface area contributed by atoms with Crippen molar-refractivity contribution in [2.45, 2.75) is 43.0 Å². The van der Waals surface area contributed by atoms with Gasteiger partial charge in [-0.2, -0.15) is 0 Å². The molecule has 10 heteroatoms. The second-order valence-corrected chi connectivity index (χ2v) is 10.4. The summed E-state index contributed by atoms with van der Waals surface area (Å²) in [7, 11) is 0. The molecule has 3 aromatic carbocycles. The van der Waals surface area contributed by atoms with Crippen LogP contribution in [0.5, 0.6) is 0 Å². The topological polar surface area (TPSA) is 141 Å². The molecular formula is C30H36N4O5S. The van der Waals surface area contributed by atoms with Crippen LogP contribution in [0.1, 0.15) is 11.1 Å². The number of benzene rings is 3. The molecule has 40 heavy (non-hydrogen) atoms. The molecule has 1 heterocycles. The van der Waals surface area contributed by atoms with Gasteiger partial charge in [0.15, 0.2) is 5.96 Å². The van der Waals surface area contributed by atoms with Crippen LogP contribution in [0.4, 0.5) is 0 Å². The van der Waals surface area contributed by atoms with E-state index in [-0.39, 0.29) is 25.7 Å². The summed E-state index contributed by atoms with van der Waals surface area (Å²) >= 11 is 1.41. The van der Waals surface area contributed by atoms with Crippen molar-refractivity contribution in [1.29, 1.82) is 0 Å². The molecule has 1 fully saturated rings. The quantitative estimate of drug-likeness (QED) is 0.194. The van der Waals surface area contributed by atoms with E-state index in [1.165, 1.54) is 11.8 Å². The Bertz CT molecular complexity index is 1230. The highest BCUT2D eigenvalue weighted by Crippen LogP contribution is 2.30. The second-order valence-electron chi connectivity index (χ2n) is 9.44. The Labute approximate surface area is 238 Å². The summed E-state index contributed by atoms with van der Waals surface area (Å²) in [6.45, 7) is 0.528. The molecule has 1 aliphatic heterocycles. The van der Waals surface area contributed by atoms with Crippen LogP contribution in [0.2, 0.25) is 0 Å². The molecule has 9 nitrogen and oxygen atoms in total. The molecule has 5 atom stereocenters. The maximum absolute atomic E-state index is 12.6. The molecule has 0 bridgehead atoms. The fraction of sp³-hybridized carbons (Fsp3) is 0.333. The molecule has 6 N–H and O–H groups in total. The number of rotatable bonds is 12. The Kier molecular flexibility index (Phi) is 11.0. The molecule has 0 spiro atoms. The number of guanidine groups is 1. The lowest BCUT2D eigenvalue weighted by Crippen LogP contribution is -2.64. The number of aliphatic hydroxyl groups is 1. The number of nitrogens with zero attached hydrogens (tertiary/aromatic N) is 1. The van der Waals surface area contributed by atoms with E-state index in [0.29, 0.717) is 6.61 Å². The van der Waals surface area contributed by atoms with Crippen molar-refractivity contribution in [3.8, 4) is 11.1 Å². The summed E-state index contributed by atoms with van der Waals surface area (Å²) in [5.74, 6) is -0.587. The highest BCUT2D eigenvalue weighted by atomic mass is 32.2. The number of aliphatic imine (C=N–C) groups is 1. The van der Waals surface area contributed by atoms with E-state index in [0.717, 1.165) is 22.3 Å². The zero-order valence-electron chi connectivity index (χ0n) is 22.4. The number of carbonyl (C=O) groups is 1. The number of aliphatic hydroxyl groups excluding tert-OH is 1. The first-order chi connectivity index (χ1) is 19.4. The average molecular weight is 565 g/mol. The third kappa shape index (κ3) is 8.30. The van der Waals surface area contributed by atoms with Gasteiger partial charge in [-0.3, -0.25) is 4.79 Å². The maximum atomic E-state index is 12.6. The fourth-order valence-electron chi connectivity index (χ4n) is 4.49. The van der Waals surface area contributed by atoms with Crippen LogP contribution in [0.15, 0.2) is 89.9 Å². The smallest absolute Gasteiger partial charge is 0.242 e. The number of nitrogens with two attached hydrogens (primary N) is 2. The lowest BCUT2D eigenvalue weighted by Gasteiger charge is -2.44. The van der Waals surface area contributed by atoms with Gasteiger partial charge in [0, 0.05) is 0 Å². The first kappa shape index (κ1) is 29.6. The molecular weight excluding hydrogens is 528 g/mol. The van der Waals surface area contributed by atoms with E-state index in [1.807, 2.05) is 66.9 Å². The Morgan fingerprint density at radius 1 is 0.950 bits per heavy atom. The molecule has 0 aliphatic carbocycles. The maximum Gasteiger partial charge on any atom is 0.242 e. The van der Waals surface area contributed by atoms with Crippen LogP contribution in [0, 0.1) is 0 Å². The third-order valence-electron chi connectivity index (χ3n) is 6.54. The summed E-state index contributed by atoms with van der Waals surface area (Å²) < 4.78 is 18.4. The molecule has 4 rings (SSSR count). The van der Waals surface area contributed by atoms with Crippen LogP contribution in [0.3, 0.4) is 0 Å². The van der Waals surface area contributed by atoms with Crippen LogP contribution >= 0.6 is 11.8 Å². The number of carbonyl (C=O) groups excluding carboxylic acids is 1. The molecule has 1 amide bonds. The highest BCUT2D eigenvalue weighted by Gasteiger charge is 2.46. The van der Waals surface area contributed by atoms with Crippen LogP contribution < -0.4 is 16.8 Å².